The van der Waals surface area contributed by atoms with Crippen LogP contribution in [0.15, 0.2) is 0 Å². The minimum atomic E-state index is -0.451. The Morgan fingerprint density at radius 3 is 3.00 bits per heavy atom. The zero-order chi connectivity index (χ0) is 6.69. The van der Waals surface area contributed by atoms with E-state index in [-0.39, 0.29) is 6.10 Å². The molecule has 0 aromatic carbocycles. The zero-order valence-electron chi connectivity index (χ0n) is 5.42. The molecule has 0 bridgehead atoms. The van der Waals surface area contributed by atoms with Crippen molar-refractivity contribution in [2.45, 2.75) is 25.0 Å². The second-order valence-electron chi connectivity index (χ2n) is 2.35. The van der Waals surface area contributed by atoms with E-state index in [0.29, 0.717) is 6.54 Å². The number of nitrogens with two attached hydrogens (primary N) is 1. The van der Waals surface area contributed by atoms with Crippen molar-refractivity contribution in [1.29, 1.82) is 0 Å². The van der Waals surface area contributed by atoms with Crippen molar-refractivity contribution in [1.82, 2.24) is 0 Å². The summed E-state index contributed by atoms with van der Waals surface area (Å²) in [6.07, 6.45) is 1.57. The molecule has 0 aliphatic carbocycles. The minimum absolute atomic E-state index is 0.00926. The van der Waals surface area contributed by atoms with E-state index in [2.05, 4.69) is 0 Å². The van der Waals surface area contributed by atoms with E-state index in [0.717, 1.165) is 19.4 Å². The predicted octanol–water partition coefficient (Wildman–Crippen LogP) is -0.515. The fraction of sp³-hybridized carbons (Fsp3) is 1.00. The van der Waals surface area contributed by atoms with Gasteiger partial charge in [-0.3, -0.25) is 0 Å². The molecule has 0 spiro atoms. The first kappa shape index (κ1) is 6.99. The van der Waals surface area contributed by atoms with Crippen LogP contribution in [-0.4, -0.2) is 30.5 Å². The van der Waals surface area contributed by atoms with Crippen LogP contribution in [0.2, 0.25) is 0 Å². The lowest BCUT2D eigenvalue weighted by Crippen LogP contribution is -2.32. The van der Waals surface area contributed by atoms with Crippen molar-refractivity contribution < 1.29 is 9.84 Å². The van der Waals surface area contributed by atoms with Crippen molar-refractivity contribution in [2.24, 2.45) is 5.73 Å². The van der Waals surface area contributed by atoms with E-state index < -0.39 is 6.10 Å². The molecule has 0 radical (unpaired) electrons. The van der Waals surface area contributed by atoms with Gasteiger partial charge in [0.05, 0.1) is 12.2 Å². The van der Waals surface area contributed by atoms with E-state index in [9.17, 15) is 0 Å². The largest absolute Gasteiger partial charge is 0.389 e. The second-order valence-corrected chi connectivity index (χ2v) is 2.35. The van der Waals surface area contributed by atoms with Gasteiger partial charge in [0, 0.05) is 13.2 Å². The molecule has 1 saturated heterocycles. The smallest absolute Gasteiger partial charge is 0.0923 e. The van der Waals surface area contributed by atoms with Crippen LogP contribution in [-0.2, 0) is 4.74 Å². The lowest BCUT2D eigenvalue weighted by molar-refractivity contribution is 0.00365. The van der Waals surface area contributed by atoms with E-state index in [1.807, 2.05) is 0 Å². The molecule has 1 aliphatic heterocycles. The fourth-order valence-corrected chi connectivity index (χ4v) is 1.06. The minimum Gasteiger partial charge on any atom is -0.389 e. The van der Waals surface area contributed by atoms with Crippen molar-refractivity contribution in [3.05, 3.63) is 0 Å². The third kappa shape index (κ3) is 1.64. The van der Waals surface area contributed by atoms with E-state index >= 15 is 0 Å². The molecule has 2 atom stereocenters. The molecule has 1 aliphatic rings. The standard InChI is InChI=1S/C6H13NO2/c7-4-5(8)6-2-1-3-9-6/h5-6,8H,1-4,7H2/t5-,6-/m1/s1. The van der Waals surface area contributed by atoms with Gasteiger partial charge in [-0.15, -0.1) is 0 Å². The summed E-state index contributed by atoms with van der Waals surface area (Å²) >= 11 is 0. The molecule has 1 heterocycles. The molecule has 9 heavy (non-hydrogen) atoms. The molecule has 1 rings (SSSR count). The van der Waals surface area contributed by atoms with E-state index in [4.69, 9.17) is 15.6 Å². The maximum Gasteiger partial charge on any atom is 0.0923 e. The Labute approximate surface area is 54.8 Å². The Morgan fingerprint density at radius 2 is 2.56 bits per heavy atom. The average Bonchev–Trinajstić information content (AvgIpc) is 2.37. The number of aliphatic hydroxyl groups is 1. The van der Waals surface area contributed by atoms with Crippen molar-refractivity contribution in [3.63, 3.8) is 0 Å². The van der Waals surface area contributed by atoms with Crippen molar-refractivity contribution in [2.75, 3.05) is 13.2 Å². The van der Waals surface area contributed by atoms with Gasteiger partial charge in [0.15, 0.2) is 0 Å². The summed E-state index contributed by atoms with van der Waals surface area (Å²) in [4.78, 5) is 0. The molecule has 0 amide bonds. The Bertz CT molecular complexity index is 81.1. The Morgan fingerprint density at radius 1 is 1.78 bits per heavy atom. The summed E-state index contributed by atoms with van der Waals surface area (Å²) in [6.45, 7) is 1.09. The maximum atomic E-state index is 9.11. The molecule has 0 aromatic rings. The van der Waals surface area contributed by atoms with Crippen LogP contribution < -0.4 is 5.73 Å². The first-order valence-electron chi connectivity index (χ1n) is 3.34. The molecule has 0 saturated carbocycles. The normalized spacial score (nSPS) is 30.7. The predicted molar refractivity (Wildman–Crippen MR) is 34.0 cm³/mol. The summed E-state index contributed by atoms with van der Waals surface area (Å²) in [5, 5.41) is 9.11. The number of ether oxygens (including phenoxy) is 1. The second kappa shape index (κ2) is 3.15. The Balaban J connectivity index is 2.24. The van der Waals surface area contributed by atoms with Crippen LogP contribution in [0.4, 0.5) is 0 Å². The highest BCUT2D eigenvalue weighted by Crippen LogP contribution is 2.14. The molecule has 1 fully saturated rings. The SMILES string of the molecule is NC[C@@H](O)[C@H]1CCCO1. The third-order valence-electron chi connectivity index (χ3n) is 1.64. The molecule has 3 N–H and O–H groups in total. The van der Waals surface area contributed by atoms with Gasteiger partial charge in [-0.2, -0.15) is 0 Å². The number of hydrogen-bond acceptors (Lipinski definition) is 3. The van der Waals surface area contributed by atoms with E-state index in [1.165, 1.54) is 0 Å². The molecule has 0 unspecified atom stereocenters. The first-order valence-corrected chi connectivity index (χ1v) is 3.34. The molecular formula is C6H13NO2. The van der Waals surface area contributed by atoms with Crippen molar-refractivity contribution >= 4 is 0 Å². The lowest BCUT2D eigenvalue weighted by Gasteiger charge is -2.14. The monoisotopic (exact) mass is 131 g/mol. The van der Waals surface area contributed by atoms with Crippen molar-refractivity contribution in [3.8, 4) is 0 Å². The zero-order valence-corrected chi connectivity index (χ0v) is 5.42. The van der Waals surface area contributed by atoms with Gasteiger partial charge in [0.25, 0.3) is 0 Å². The topological polar surface area (TPSA) is 55.5 Å². The molecular weight excluding hydrogens is 118 g/mol. The van der Waals surface area contributed by atoms with Crippen LogP contribution in [0.1, 0.15) is 12.8 Å². The summed E-state index contributed by atoms with van der Waals surface area (Å²) < 4.78 is 5.18. The quantitative estimate of drug-likeness (QED) is 0.530. The molecule has 3 nitrogen and oxygen atoms in total. The highest BCUT2D eigenvalue weighted by Gasteiger charge is 2.22. The first-order chi connectivity index (χ1) is 4.34. The molecule has 54 valence electrons. The lowest BCUT2D eigenvalue weighted by atomic mass is 10.1. The van der Waals surface area contributed by atoms with Gasteiger partial charge in [-0.25, -0.2) is 0 Å². The fourth-order valence-electron chi connectivity index (χ4n) is 1.06. The Kier molecular flexibility index (Phi) is 2.45. The molecule has 0 aromatic heterocycles. The van der Waals surface area contributed by atoms with Gasteiger partial charge in [0.2, 0.25) is 0 Å². The summed E-state index contributed by atoms with van der Waals surface area (Å²) in [5.74, 6) is 0. The van der Waals surface area contributed by atoms with Crippen LogP contribution in [0.5, 0.6) is 0 Å². The van der Waals surface area contributed by atoms with Crippen LogP contribution >= 0.6 is 0 Å². The maximum absolute atomic E-state index is 9.11. The third-order valence-corrected chi connectivity index (χ3v) is 1.64. The summed E-state index contributed by atoms with van der Waals surface area (Å²) in [5.41, 5.74) is 5.22. The number of aliphatic hydroxyl groups excluding tert-OH is 1. The molecule has 3 heteroatoms. The van der Waals surface area contributed by atoms with E-state index in [1.54, 1.807) is 0 Å². The van der Waals surface area contributed by atoms with Crippen LogP contribution in [0.3, 0.4) is 0 Å². The number of hydrogen-bond donors (Lipinski definition) is 2. The highest BCUT2D eigenvalue weighted by atomic mass is 16.5. The summed E-state index contributed by atoms with van der Waals surface area (Å²) in [7, 11) is 0. The van der Waals surface area contributed by atoms with Crippen LogP contribution in [0, 0.1) is 0 Å². The van der Waals surface area contributed by atoms with Gasteiger partial charge in [-0.1, -0.05) is 0 Å². The summed E-state index contributed by atoms with van der Waals surface area (Å²) in [6, 6.07) is 0. The number of rotatable bonds is 2. The van der Waals surface area contributed by atoms with Gasteiger partial charge >= 0.3 is 0 Å². The average molecular weight is 131 g/mol. The van der Waals surface area contributed by atoms with Crippen LogP contribution in [0.25, 0.3) is 0 Å². The Hall–Kier alpha value is -0.120. The van der Waals surface area contributed by atoms with Gasteiger partial charge in [0.1, 0.15) is 0 Å². The van der Waals surface area contributed by atoms with Gasteiger partial charge in [-0.05, 0) is 12.8 Å². The highest BCUT2D eigenvalue weighted by molar-refractivity contribution is 4.73. The van der Waals surface area contributed by atoms with Gasteiger partial charge < -0.3 is 15.6 Å².